The highest BCUT2D eigenvalue weighted by molar-refractivity contribution is 5.84. The van der Waals surface area contributed by atoms with Crippen molar-refractivity contribution in [1.82, 2.24) is 5.32 Å². The molecule has 1 atom stereocenters. The lowest BCUT2D eigenvalue weighted by Gasteiger charge is -2.39. The molecule has 21 heavy (non-hydrogen) atoms. The van der Waals surface area contributed by atoms with Crippen LogP contribution < -0.4 is 10.1 Å². The molecule has 1 amide bonds. The highest BCUT2D eigenvalue weighted by atomic mass is 16.5. The van der Waals surface area contributed by atoms with Crippen molar-refractivity contribution in [2.45, 2.75) is 40.2 Å². The topological polar surface area (TPSA) is 47.6 Å². The lowest BCUT2D eigenvalue weighted by molar-refractivity contribution is -0.163. The minimum Gasteiger partial charge on any atom is -0.494 e. The van der Waals surface area contributed by atoms with Gasteiger partial charge < -0.3 is 14.8 Å². The minimum atomic E-state index is -0.343. The summed E-state index contributed by atoms with van der Waals surface area (Å²) in [5.41, 5.74) is 1.84. The summed E-state index contributed by atoms with van der Waals surface area (Å²) in [5.74, 6) is 0.916. The van der Waals surface area contributed by atoms with Gasteiger partial charge in [-0.05, 0) is 33.3 Å². The monoisotopic (exact) mass is 291 g/mol. The number of aryl methyl sites for hydroxylation is 1. The molecule has 4 nitrogen and oxygen atoms in total. The lowest BCUT2D eigenvalue weighted by atomic mass is 9.82. The molecule has 1 aromatic rings. The van der Waals surface area contributed by atoms with E-state index in [2.05, 4.69) is 11.4 Å². The molecule has 0 spiro atoms. The van der Waals surface area contributed by atoms with Crippen molar-refractivity contribution in [3.63, 3.8) is 0 Å². The van der Waals surface area contributed by atoms with Crippen LogP contribution in [0.25, 0.3) is 0 Å². The Hall–Kier alpha value is -1.55. The van der Waals surface area contributed by atoms with E-state index in [0.717, 1.165) is 23.3 Å². The van der Waals surface area contributed by atoms with Gasteiger partial charge in [0.2, 0.25) is 5.91 Å². The van der Waals surface area contributed by atoms with Gasteiger partial charge in [0.1, 0.15) is 5.75 Å². The van der Waals surface area contributed by atoms with Crippen molar-refractivity contribution in [2.75, 3.05) is 19.8 Å². The van der Waals surface area contributed by atoms with Crippen LogP contribution in [0, 0.1) is 12.3 Å². The summed E-state index contributed by atoms with van der Waals surface area (Å²) in [7, 11) is 0. The van der Waals surface area contributed by atoms with Crippen molar-refractivity contribution in [2.24, 2.45) is 5.41 Å². The first-order chi connectivity index (χ1) is 10.0. The van der Waals surface area contributed by atoms with Gasteiger partial charge in [0.25, 0.3) is 0 Å². The van der Waals surface area contributed by atoms with Gasteiger partial charge in [-0.2, -0.15) is 0 Å². The fraction of sp³-hybridized carbons (Fsp3) is 0.588. The summed E-state index contributed by atoms with van der Waals surface area (Å²) in [6.07, 6.45) is 0.803. The Morgan fingerprint density at radius 1 is 1.43 bits per heavy atom. The number of carbonyl (C=O) groups is 1. The molecule has 0 aromatic heterocycles. The predicted octanol–water partition coefficient (Wildman–Crippen LogP) is 3.00. The van der Waals surface area contributed by atoms with E-state index in [4.69, 9.17) is 9.47 Å². The molecule has 116 valence electrons. The Bertz CT molecular complexity index is 503. The van der Waals surface area contributed by atoms with Crippen molar-refractivity contribution >= 4 is 5.91 Å². The summed E-state index contributed by atoms with van der Waals surface area (Å²) >= 11 is 0. The normalized spacial score (nSPS) is 17.7. The smallest absolute Gasteiger partial charge is 0.231 e. The van der Waals surface area contributed by atoms with Crippen molar-refractivity contribution in [1.29, 1.82) is 0 Å². The van der Waals surface area contributed by atoms with Crippen LogP contribution in [0.2, 0.25) is 0 Å². The van der Waals surface area contributed by atoms with Crippen LogP contribution in [0.5, 0.6) is 5.75 Å². The Morgan fingerprint density at radius 2 is 2.14 bits per heavy atom. The summed E-state index contributed by atoms with van der Waals surface area (Å²) < 4.78 is 10.9. The molecule has 1 saturated heterocycles. The second-order valence-electron chi connectivity index (χ2n) is 5.80. The molecule has 4 heteroatoms. The van der Waals surface area contributed by atoms with Crippen LogP contribution in [0.1, 0.15) is 44.4 Å². The first kappa shape index (κ1) is 15.8. The van der Waals surface area contributed by atoms with Gasteiger partial charge >= 0.3 is 0 Å². The molecule has 1 aliphatic rings. The molecule has 1 heterocycles. The van der Waals surface area contributed by atoms with E-state index in [1.807, 2.05) is 39.8 Å². The number of carbonyl (C=O) groups excluding carboxylic acids is 1. The summed E-state index contributed by atoms with van der Waals surface area (Å²) in [5, 5.41) is 3.12. The molecule has 1 unspecified atom stereocenters. The molecule has 0 radical (unpaired) electrons. The fourth-order valence-electron chi connectivity index (χ4n) is 2.56. The standard InChI is InChI=1S/C17H25NO3/c1-5-17(10-20-11-17)16(19)18-13(4)14-9-12(3)7-8-15(14)21-6-2/h7-9,13H,5-6,10-11H2,1-4H3,(H,18,19). The van der Waals surface area contributed by atoms with Gasteiger partial charge in [-0.1, -0.05) is 24.6 Å². The van der Waals surface area contributed by atoms with E-state index in [-0.39, 0.29) is 17.4 Å². The van der Waals surface area contributed by atoms with E-state index in [0.29, 0.717) is 19.8 Å². The maximum absolute atomic E-state index is 12.5. The summed E-state index contributed by atoms with van der Waals surface area (Å²) in [6.45, 7) is 9.70. The fourth-order valence-corrected chi connectivity index (χ4v) is 2.56. The van der Waals surface area contributed by atoms with Crippen LogP contribution in [0.3, 0.4) is 0 Å². The zero-order valence-electron chi connectivity index (χ0n) is 13.4. The molecule has 1 fully saturated rings. The van der Waals surface area contributed by atoms with E-state index in [9.17, 15) is 4.79 Å². The third-order valence-corrected chi connectivity index (χ3v) is 4.19. The Labute approximate surface area is 126 Å². The van der Waals surface area contributed by atoms with E-state index >= 15 is 0 Å². The average Bonchev–Trinajstić information content (AvgIpc) is 2.40. The highest BCUT2D eigenvalue weighted by Crippen LogP contribution is 2.33. The van der Waals surface area contributed by atoms with Gasteiger partial charge in [0, 0.05) is 5.56 Å². The highest BCUT2D eigenvalue weighted by Gasteiger charge is 2.44. The largest absolute Gasteiger partial charge is 0.494 e. The van der Waals surface area contributed by atoms with Gasteiger partial charge in [0.05, 0.1) is 31.3 Å². The van der Waals surface area contributed by atoms with Crippen LogP contribution >= 0.6 is 0 Å². The summed E-state index contributed by atoms with van der Waals surface area (Å²) in [6, 6.07) is 5.99. The molecular formula is C17H25NO3. The molecular weight excluding hydrogens is 266 g/mol. The number of hydrogen-bond acceptors (Lipinski definition) is 3. The number of nitrogens with one attached hydrogen (secondary N) is 1. The Kier molecular flexibility index (Phi) is 4.88. The first-order valence-electron chi connectivity index (χ1n) is 7.64. The number of amides is 1. The number of benzene rings is 1. The SMILES string of the molecule is CCOc1ccc(C)cc1C(C)NC(=O)C1(CC)COC1. The van der Waals surface area contributed by atoms with Crippen LogP contribution in [0.4, 0.5) is 0 Å². The predicted molar refractivity (Wildman–Crippen MR) is 82.4 cm³/mol. The van der Waals surface area contributed by atoms with E-state index < -0.39 is 0 Å². The minimum absolute atomic E-state index is 0.0766. The number of rotatable bonds is 6. The first-order valence-corrected chi connectivity index (χ1v) is 7.64. The van der Waals surface area contributed by atoms with Gasteiger partial charge in [-0.25, -0.2) is 0 Å². The third kappa shape index (κ3) is 3.21. The molecule has 0 aliphatic carbocycles. The molecule has 2 rings (SSSR count). The third-order valence-electron chi connectivity index (χ3n) is 4.19. The van der Waals surface area contributed by atoms with Crippen LogP contribution in [-0.4, -0.2) is 25.7 Å². The van der Waals surface area contributed by atoms with Gasteiger partial charge in [-0.3, -0.25) is 4.79 Å². The van der Waals surface area contributed by atoms with Gasteiger partial charge in [-0.15, -0.1) is 0 Å². The summed E-state index contributed by atoms with van der Waals surface area (Å²) in [4.78, 5) is 12.5. The maximum Gasteiger partial charge on any atom is 0.231 e. The van der Waals surface area contributed by atoms with E-state index in [1.54, 1.807) is 0 Å². The molecule has 0 bridgehead atoms. The number of ether oxygens (including phenoxy) is 2. The number of hydrogen-bond donors (Lipinski definition) is 1. The second-order valence-corrected chi connectivity index (χ2v) is 5.80. The second kappa shape index (κ2) is 6.48. The lowest BCUT2D eigenvalue weighted by Crippen LogP contribution is -2.54. The molecule has 1 N–H and O–H groups in total. The molecule has 0 saturated carbocycles. The van der Waals surface area contributed by atoms with Crippen LogP contribution in [0.15, 0.2) is 18.2 Å². The average molecular weight is 291 g/mol. The zero-order chi connectivity index (χ0) is 15.5. The van der Waals surface area contributed by atoms with Crippen LogP contribution in [-0.2, 0) is 9.53 Å². The van der Waals surface area contributed by atoms with Gasteiger partial charge in [0.15, 0.2) is 0 Å². The van der Waals surface area contributed by atoms with E-state index in [1.165, 1.54) is 0 Å². The van der Waals surface area contributed by atoms with Crippen molar-refractivity contribution < 1.29 is 14.3 Å². The van der Waals surface area contributed by atoms with Crippen molar-refractivity contribution in [3.8, 4) is 5.75 Å². The Morgan fingerprint density at radius 3 is 2.67 bits per heavy atom. The Balaban J connectivity index is 2.14. The quantitative estimate of drug-likeness (QED) is 0.876. The van der Waals surface area contributed by atoms with Crippen molar-refractivity contribution in [3.05, 3.63) is 29.3 Å². The molecule has 1 aromatic carbocycles. The maximum atomic E-state index is 12.5. The molecule has 1 aliphatic heterocycles. The zero-order valence-corrected chi connectivity index (χ0v) is 13.4.